The second-order valence-corrected chi connectivity index (χ2v) is 5.86. The number of non-ortho nitro benzene ring substituents is 1. The molecule has 19 heavy (non-hydrogen) atoms. The Morgan fingerprint density at radius 1 is 1.53 bits per heavy atom. The first kappa shape index (κ1) is 14.3. The number of nitro groups is 1. The van der Waals surface area contributed by atoms with E-state index >= 15 is 0 Å². The van der Waals surface area contributed by atoms with Crippen LogP contribution in [0.1, 0.15) is 32.3 Å². The minimum atomic E-state index is -0.371. The quantitative estimate of drug-likeness (QED) is 0.622. The van der Waals surface area contributed by atoms with Gasteiger partial charge in [0.25, 0.3) is 5.69 Å². The molecule has 5 heteroatoms. The van der Waals surface area contributed by atoms with E-state index in [1.54, 1.807) is 12.1 Å². The zero-order chi connectivity index (χ0) is 14.0. The van der Waals surface area contributed by atoms with Gasteiger partial charge in [0.1, 0.15) is 0 Å². The van der Waals surface area contributed by atoms with Crippen LogP contribution >= 0.6 is 11.6 Å². The number of hydrogen-bond acceptors (Lipinski definition) is 3. The first-order valence-corrected chi connectivity index (χ1v) is 7.03. The molecule has 1 saturated heterocycles. The highest BCUT2D eigenvalue weighted by molar-refractivity contribution is 6.31. The molecule has 1 fully saturated rings. The van der Waals surface area contributed by atoms with Gasteiger partial charge in [0.05, 0.1) is 4.92 Å². The molecule has 1 aromatic rings. The summed E-state index contributed by atoms with van der Waals surface area (Å²) in [6.45, 7) is 6.18. The van der Waals surface area contributed by atoms with Crippen LogP contribution in [0.5, 0.6) is 0 Å². The van der Waals surface area contributed by atoms with E-state index in [0.717, 1.165) is 12.1 Å². The number of rotatable bonds is 4. The van der Waals surface area contributed by atoms with Crippen molar-refractivity contribution in [2.75, 3.05) is 6.54 Å². The lowest BCUT2D eigenvalue weighted by molar-refractivity contribution is -0.384. The molecule has 0 saturated carbocycles. The molecule has 1 aromatic carbocycles. The molecular formula is C14H19ClN2O2. The summed E-state index contributed by atoms with van der Waals surface area (Å²) in [4.78, 5) is 12.8. The van der Waals surface area contributed by atoms with Gasteiger partial charge in [-0.3, -0.25) is 15.0 Å². The molecule has 1 aliphatic rings. The lowest BCUT2D eigenvalue weighted by Gasteiger charge is -2.27. The first-order chi connectivity index (χ1) is 8.99. The largest absolute Gasteiger partial charge is 0.296 e. The Bertz CT molecular complexity index is 477. The fourth-order valence-electron chi connectivity index (χ4n) is 2.82. The molecule has 4 nitrogen and oxygen atoms in total. The van der Waals surface area contributed by atoms with Gasteiger partial charge in [0.15, 0.2) is 0 Å². The normalized spacial score (nSPS) is 20.1. The minimum Gasteiger partial charge on any atom is -0.296 e. The molecule has 1 atom stereocenters. The van der Waals surface area contributed by atoms with Gasteiger partial charge in [-0.25, -0.2) is 0 Å². The lowest BCUT2D eigenvalue weighted by atomic mass is 10.0. The topological polar surface area (TPSA) is 46.4 Å². The molecule has 0 amide bonds. The average molecular weight is 283 g/mol. The molecule has 1 heterocycles. The van der Waals surface area contributed by atoms with Crippen molar-refractivity contribution in [2.45, 2.75) is 39.3 Å². The van der Waals surface area contributed by atoms with Crippen LogP contribution in [0.2, 0.25) is 5.02 Å². The minimum absolute atomic E-state index is 0.111. The monoisotopic (exact) mass is 282 g/mol. The van der Waals surface area contributed by atoms with Gasteiger partial charge in [0, 0.05) is 29.7 Å². The molecule has 1 unspecified atom stereocenters. The van der Waals surface area contributed by atoms with Crippen molar-refractivity contribution < 1.29 is 4.92 Å². The van der Waals surface area contributed by atoms with Crippen LogP contribution in [0, 0.1) is 16.0 Å². The Morgan fingerprint density at radius 2 is 2.26 bits per heavy atom. The van der Waals surface area contributed by atoms with Crippen molar-refractivity contribution in [3.8, 4) is 0 Å². The second kappa shape index (κ2) is 5.88. The summed E-state index contributed by atoms with van der Waals surface area (Å²) in [5.74, 6) is 0.597. The van der Waals surface area contributed by atoms with Gasteiger partial charge in [-0.1, -0.05) is 25.4 Å². The number of nitrogens with zero attached hydrogens (tertiary/aromatic N) is 2. The molecule has 1 aliphatic heterocycles. The third kappa shape index (κ3) is 3.25. The van der Waals surface area contributed by atoms with Crippen LogP contribution < -0.4 is 0 Å². The number of hydrogen-bond donors (Lipinski definition) is 0. The van der Waals surface area contributed by atoms with Gasteiger partial charge in [-0.2, -0.15) is 0 Å². The smallest absolute Gasteiger partial charge is 0.269 e. The Hall–Kier alpha value is -1.13. The summed E-state index contributed by atoms with van der Waals surface area (Å²) in [5.41, 5.74) is 0.961. The van der Waals surface area contributed by atoms with Crippen molar-refractivity contribution >= 4 is 17.3 Å². The number of likely N-dealkylation sites (tertiary alicyclic amines) is 1. The Kier molecular flexibility index (Phi) is 4.42. The van der Waals surface area contributed by atoms with E-state index in [-0.39, 0.29) is 10.6 Å². The van der Waals surface area contributed by atoms with E-state index in [1.165, 1.54) is 18.9 Å². The predicted molar refractivity (Wildman–Crippen MR) is 76.4 cm³/mol. The highest BCUT2D eigenvalue weighted by atomic mass is 35.5. The van der Waals surface area contributed by atoms with Gasteiger partial charge in [-0.05, 0) is 36.9 Å². The van der Waals surface area contributed by atoms with Crippen LogP contribution in [0.3, 0.4) is 0 Å². The standard InChI is InChI=1S/C14H19ClN2O2/c1-10(2)14-4-3-7-16(14)9-11-8-12(17(18)19)5-6-13(11)15/h5-6,8,10,14H,3-4,7,9H2,1-2H3. The second-order valence-electron chi connectivity index (χ2n) is 5.46. The Morgan fingerprint density at radius 3 is 2.89 bits per heavy atom. The predicted octanol–water partition coefficient (Wildman–Crippen LogP) is 3.87. The highest BCUT2D eigenvalue weighted by Gasteiger charge is 2.27. The molecule has 2 rings (SSSR count). The third-order valence-corrected chi connectivity index (χ3v) is 4.17. The fourth-order valence-corrected chi connectivity index (χ4v) is 3.00. The lowest BCUT2D eigenvalue weighted by Crippen LogP contribution is -2.32. The Labute approximate surface area is 118 Å². The molecule has 104 valence electrons. The van der Waals surface area contributed by atoms with Gasteiger partial charge in [0.2, 0.25) is 0 Å². The molecular weight excluding hydrogens is 264 g/mol. The van der Waals surface area contributed by atoms with Crippen LogP contribution in [0.25, 0.3) is 0 Å². The van der Waals surface area contributed by atoms with E-state index < -0.39 is 0 Å². The van der Waals surface area contributed by atoms with Crippen molar-refractivity contribution in [1.82, 2.24) is 4.90 Å². The summed E-state index contributed by atoms with van der Waals surface area (Å²) < 4.78 is 0. The fraction of sp³-hybridized carbons (Fsp3) is 0.571. The van der Waals surface area contributed by atoms with E-state index in [0.29, 0.717) is 23.5 Å². The van der Waals surface area contributed by atoms with Crippen molar-refractivity contribution in [1.29, 1.82) is 0 Å². The molecule has 0 N–H and O–H groups in total. The van der Waals surface area contributed by atoms with Crippen LogP contribution in [0.4, 0.5) is 5.69 Å². The third-order valence-electron chi connectivity index (χ3n) is 3.80. The molecule has 0 spiro atoms. The van der Waals surface area contributed by atoms with Crippen LogP contribution in [-0.4, -0.2) is 22.4 Å². The van der Waals surface area contributed by atoms with E-state index in [9.17, 15) is 10.1 Å². The number of halogens is 1. The zero-order valence-electron chi connectivity index (χ0n) is 11.3. The van der Waals surface area contributed by atoms with Crippen LogP contribution in [0.15, 0.2) is 18.2 Å². The van der Waals surface area contributed by atoms with E-state index in [1.807, 2.05) is 0 Å². The summed E-state index contributed by atoms with van der Waals surface area (Å²) in [5, 5.41) is 11.4. The molecule has 0 aromatic heterocycles. The summed E-state index contributed by atoms with van der Waals surface area (Å²) in [6, 6.07) is 5.22. The number of benzene rings is 1. The van der Waals surface area contributed by atoms with E-state index in [4.69, 9.17) is 11.6 Å². The average Bonchev–Trinajstić information content (AvgIpc) is 2.80. The molecule has 0 aliphatic carbocycles. The maximum Gasteiger partial charge on any atom is 0.269 e. The summed E-state index contributed by atoms with van der Waals surface area (Å²) >= 11 is 6.16. The Balaban J connectivity index is 2.18. The van der Waals surface area contributed by atoms with Gasteiger partial charge >= 0.3 is 0 Å². The maximum atomic E-state index is 10.8. The summed E-state index contributed by atoms with van der Waals surface area (Å²) in [6.07, 6.45) is 2.39. The number of nitro benzene ring substituents is 1. The van der Waals surface area contributed by atoms with Gasteiger partial charge < -0.3 is 0 Å². The van der Waals surface area contributed by atoms with Crippen molar-refractivity contribution in [3.05, 3.63) is 38.9 Å². The van der Waals surface area contributed by atoms with Crippen molar-refractivity contribution in [3.63, 3.8) is 0 Å². The first-order valence-electron chi connectivity index (χ1n) is 6.66. The maximum absolute atomic E-state index is 10.8. The summed E-state index contributed by atoms with van der Waals surface area (Å²) in [7, 11) is 0. The van der Waals surface area contributed by atoms with Crippen LogP contribution in [-0.2, 0) is 6.54 Å². The molecule has 0 bridgehead atoms. The highest BCUT2D eigenvalue weighted by Crippen LogP contribution is 2.29. The van der Waals surface area contributed by atoms with Crippen molar-refractivity contribution in [2.24, 2.45) is 5.92 Å². The van der Waals surface area contributed by atoms with E-state index in [2.05, 4.69) is 18.7 Å². The zero-order valence-corrected chi connectivity index (χ0v) is 12.1. The van der Waals surface area contributed by atoms with Gasteiger partial charge in [-0.15, -0.1) is 0 Å². The SMILES string of the molecule is CC(C)C1CCCN1Cc1cc([N+](=O)[O-])ccc1Cl. The molecule has 0 radical (unpaired) electrons.